The van der Waals surface area contributed by atoms with Crippen molar-refractivity contribution in [3.63, 3.8) is 0 Å². The van der Waals surface area contributed by atoms with Crippen LogP contribution in [0.25, 0.3) is 10.2 Å². The molecule has 0 saturated heterocycles. The Morgan fingerprint density at radius 3 is 2.96 bits per heavy atom. The van der Waals surface area contributed by atoms with Crippen molar-refractivity contribution < 1.29 is 4.74 Å². The van der Waals surface area contributed by atoms with E-state index < -0.39 is 0 Å². The number of aromatic nitrogens is 2. The van der Waals surface area contributed by atoms with Crippen molar-refractivity contribution in [2.75, 3.05) is 5.75 Å². The van der Waals surface area contributed by atoms with E-state index in [1.54, 1.807) is 27.7 Å². The highest BCUT2D eigenvalue weighted by Gasteiger charge is 2.33. The number of thiophene rings is 1. The Bertz CT molecular complexity index is 897. The van der Waals surface area contributed by atoms with Gasteiger partial charge >= 0.3 is 5.69 Å². The number of ether oxygens (including phenoxy) is 1. The van der Waals surface area contributed by atoms with E-state index >= 15 is 0 Å². The van der Waals surface area contributed by atoms with Crippen LogP contribution in [0.2, 0.25) is 0 Å². The van der Waals surface area contributed by atoms with Crippen molar-refractivity contribution in [2.24, 2.45) is 0 Å². The van der Waals surface area contributed by atoms with Crippen molar-refractivity contribution in [2.45, 2.75) is 57.4 Å². The standard InChI is InChI=1S/C19H24N2O2S2/c1-6-8-24-17-15-13-9-19(5,7-2)23-11-14(13)25-16(15)20-18(22)21(17)10-12(3)4/h6H,1,3,7-11H2,2,4-5H3. The molecule has 1 atom stereocenters. The van der Waals surface area contributed by atoms with Gasteiger partial charge in [-0.25, -0.2) is 4.79 Å². The molecule has 2 aromatic heterocycles. The minimum Gasteiger partial charge on any atom is -0.369 e. The summed E-state index contributed by atoms with van der Waals surface area (Å²) in [5.74, 6) is 0.751. The van der Waals surface area contributed by atoms with E-state index in [9.17, 15) is 4.79 Å². The Morgan fingerprint density at radius 2 is 2.32 bits per heavy atom. The topological polar surface area (TPSA) is 44.1 Å². The van der Waals surface area contributed by atoms with Crippen molar-refractivity contribution in [3.8, 4) is 0 Å². The first-order valence-electron chi connectivity index (χ1n) is 8.45. The predicted molar refractivity (Wildman–Crippen MR) is 107 cm³/mol. The molecule has 4 nitrogen and oxygen atoms in total. The molecule has 25 heavy (non-hydrogen) atoms. The Kier molecular flexibility index (Phi) is 5.23. The van der Waals surface area contributed by atoms with Crippen LogP contribution in [-0.4, -0.2) is 20.9 Å². The summed E-state index contributed by atoms with van der Waals surface area (Å²) < 4.78 is 7.83. The first-order chi connectivity index (χ1) is 11.9. The number of rotatable bonds is 6. The molecule has 1 aliphatic rings. The molecule has 0 aliphatic carbocycles. The van der Waals surface area contributed by atoms with Crippen LogP contribution in [-0.2, 0) is 24.3 Å². The third-order valence-electron chi connectivity index (χ3n) is 4.58. The van der Waals surface area contributed by atoms with Crippen LogP contribution in [0.5, 0.6) is 0 Å². The van der Waals surface area contributed by atoms with Gasteiger partial charge in [-0.1, -0.05) is 25.2 Å². The maximum Gasteiger partial charge on any atom is 0.350 e. The van der Waals surface area contributed by atoms with Gasteiger partial charge in [0.15, 0.2) is 0 Å². The van der Waals surface area contributed by atoms with Crippen molar-refractivity contribution >= 4 is 33.3 Å². The normalized spacial score (nSPS) is 19.8. The summed E-state index contributed by atoms with van der Waals surface area (Å²) in [7, 11) is 0. The lowest BCUT2D eigenvalue weighted by molar-refractivity contribution is -0.0543. The average Bonchev–Trinajstić information content (AvgIpc) is 2.91. The molecule has 3 heterocycles. The van der Waals surface area contributed by atoms with Gasteiger partial charge < -0.3 is 4.74 Å². The summed E-state index contributed by atoms with van der Waals surface area (Å²) in [6.45, 7) is 15.1. The molecule has 0 radical (unpaired) electrons. The van der Waals surface area contributed by atoms with E-state index in [1.165, 1.54) is 10.4 Å². The largest absolute Gasteiger partial charge is 0.369 e. The highest BCUT2D eigenvalue weighted by Crippen LogP contribution is 2.42. The van der Waals surface area contributed by atoms with Crippen LogP contribution in [0.1, 0.15) is 37.6 Å². The SMILES string of the molecule is C=CCSc1c2c3c(sc2nc(=O)n1CC(=C)C)COC(C)(CC)C3. The smallest absolute Gasteiger partial charge is 0.350 e. The predicted octanol–water partition coefficient (Wildman–Crippen LogP) is 4.55. The molecule has 0 saturated carbocycles. The number of hydrogen-bond acceptors (Lipinski definition) is 5. The highest BCUT2D eigenvalue weighted by molar-refractivity contribution is 7.99. The number of hydrogen-bond donors (Lipinski definition) is 0. The Hall–Kier alpha value is -1.37. The first-order valence-corrected chi connectivity index (χ1v) is 10.3. The van der Waals surface area contributed by atoms with Crippen molar-refractivity contribution in [1.82, 2.24) is 9.55 Å². The van der Waals surface area contributed by atoms with Gasteiger partial charge in [-0.3, -0.25) is 4.57 Å². The second kappa shape index (κ2) is 7.09. The molecule has 0 N–H and O–H groups in total. The molecule has 3 rings (SSSR count). The molecule has 1 unspecified atom stereocenters. The summed E-state index contributed by atoms with van der Waals surface area (Å²) >= 11 is 3.24. The van der Waals surface area contributed by atoms with Crippen LogP contribution >= 0.6 is 23.1 Å². The molecule has 0 spiro atoms. The second-order valence-corrected chi connectivity index (χ2v) is 8.89. The third kappa shape index (κ3) is 3.48. The van der Waals surface area contributed by atoms with E-state index in [0.717, 1.165) is 39.4 Å². The summed E-state index contributed by atoms with van der Waals surface area (Å²) in [6.07, 6.45) is 3.68. The highest BCUT2D eigenvalue weighted by atomic mass is 32.2. The average molecular weight is 377 g/mol. The second-order valence-electron chi connectivity index (χ2n) is 6.80. The minimum atomic E-state index is -0.208. The minimum absolute atomic E-state index is 0.156. The monoisotopic (exact) mass is 376 g/mol. The zero-order valence-electron chi connectivity index (χ0n) is 15.1. The molecule has 134 valence electrons. The summed E-state index contributed by atoms with van der Waals surface area (Å²) in [4.78, 5) is 19.0. The molecular formula is C19H24N2O2S2. The first kappa shape index (κ1) is 18.4. The van der Waals surface area contributed by atoms with Crippen LogP contribution in [0.3, 0.4) is 0 Å². The lowest BCUT2D eigenvalue weighted by Crippen LogP contribution is -2.34. The zero-order valence-corrected chi connectivity index (χ0v) is 16.7. The lowest BCUT2D eigenvalue weighted by atomic mass is 9.90. The van der Waals surface area contributed by atoms with Gasteiger partial charge in [-0.2, -0.15) is 4.98 Å². The fraction of sp³-hybridized carbons (Fsp3) is 0.474. The number of nitrogens with zero attached hydrogens (tertiary/aromatic N) is 2. The maximum atomic E-state index is 12.6. The molecular weight excluding hydrogens is 352 g/mol. The summed E-state index contributed by atoms with van der Waals surface area (Å²) in [5, 5.41) is 2.10. The molecule has 6 heteroatoms. The number of fused-ring (bicyclic) bond motifs is 3. The van der Waals surface area contributed by atoms with Crippen molar-refractivity contribution in [3.05, 3.63) is 45.7 Å². The van der Waals surface area contributed by atoms with E-state index in [4.69, 9.17) is 4.74 Å². The molecule has 2 aromatic rings. The third-order valence-corrected chi connectivity index (χ3v) is 6.78. The molecule has 0 bridgehead atoms. The van der Waals surface area contributed by atoms with Crippen LogP contribution in [0.4, 0.5) is 0 Å². The zero-order chi connectivity index (χ0) is 18.2. The van der Waals surface area contributed by atoms with E-state index in [1.807, 2.05) is 13.0 Å². The Balaban J connectivity index is 2.26. The quantitative estimate of drug-likeness (QED) is 0.421. The maximum absolute atomic E-state index is 12.6. The van der Waals surface area contributed by atoms with Crippen LogP contribution < -0.4 is 5.69 Å². The summed E-state index contributed by atoms with van der Waals surface area (Å²) in [5.41, 5.74) is 1.87. The van der Waals surface area contributed by atoms with E-state index in [2.05, 4.69) is 32.0 Å². The van der Waals surface area contributed by atoms with Gasteiger partial charge in [0.2, 0.25) is 0 Å². The van der Waals surface area contributed by atoms with Gasteiger partial charge in [0, 0.05) is 29.0 Å². The number of allylic oxidation sites excluding steroid dienone is 1. The Labute approximate surface area is 156 Å². The van der Waals surface area contributed by atoms with E-state index in [0.29, 0.717) is 13.2 Å². The lowest BCUT2D eigenvalue weighted by Gasteiger charge is -2.33. The summed E-state index contributed by atoms with van der Waals surface area (Å²) in [6, 6.07) is 0. The molecule has 0 fully saturated rings. The van der Waals surface area contributed by atoms with Gasteiger partial charge in [0.1, 0.15) is 4.83 Å². The van der Waals surface area contributed by atoms with Crippen LogP contribution in [0.15, 0.2) is 34.6 Å². The molecule has 1 aliphatic heterocycles. The molecule has 0 amide bonds. The van der Waals surface area contributed by atoms with Gasteiger partial charge in [-0.05, 0) is 25.8 Å². The Morgan fingerprint density at radius 1 is 1.56 bits per heavy atom. The fourth-order valence-corrected chi connectivity index (χ4v) is 5.16. The van der Waals surface area contributed by atoms with E-state index in [-0.39, 0.29) is 11.3 Å². The van der Waals surface area contributed by atoms with Crippen molar-refractivity contribution in [1.29, 1.82) is 0 Å². The van der Waals surface area contributed by atoms with Gasteiger partial charge in [-0.15, -0.1) is 29.7 Å². The number of thioether (sulfide) groups is 1. The molecule has 0 aromatic carbocycles. The van der Waals surface area contributed by atoms with Gasteiger partial charge in [0.25, 0.3) is 0 Å². The van der Waals surface area contributed by atoms with Crippen LogP contribution in [0, 0.1) is 0 Å². The van der Waals surface area contributed by atoms with Gasteiger partial charge in [0.05, 0.1) is 17.2 Å². The fourth-order valence-electron chi connectivity index (χ4n) is 3.06.